The van der Waals surface area contributed by atoms with E-state index in [0.717, 1.165) is 36.2 Å². The molecule has 1 unspecified atom stereocenters. The minimum Gasteiger partial charge on any atom is -0.507 e. The Kier molecular flexibility index (Phi) is 11.5. The number of benzene rings is 3. The molecule has 2 heterocycles. The molecule has 12 heteroatoms. The molecule has 1 fully saturated rings. The Morgan fingerprint density at radius 2 is 1.66 bits per heavy atom. The summed E-state index contributed by atoms with van der Waals surface area (Å²) in [6, 6.07) is 17.0. The largest absolute Gasteiger partial charge is 0.507 e. The fourth-order valence-corrected chi connectivity index (χ4v) is 6.90. The molecule has 246 valence electrons. The van der Waals surface area contributed by atoms with Crippen LogP contribution in [0.5, 0.6) is 17.2 Å². The van der Waals surface area contributed by atoms with Crippen LogP contribution >= 0.6 is 23.1 Å². The smallest absolute Gasteiger partial charge is 0.301 e. The SMILES string of the molecule is CCCCCOc1ccc(C2/C(=C(\O)c3ccc(OCC)cc3)C(=O)C(=O)N2c2nnc(SCc3ccc(F)cc3)s2)cc1OCC. The van der Waals surface area contributed by atoms with Crippen molar-refractivity contribution in [1.82, 2.24) is 10.2 Å². The second-order valence-electron chi connectivity index (χ2n) is 10.6. The van der Waals surface area contributed by atoms with Gasteiger partial charge in [-0.1, -0.05) is 61.1 Å². The van der Waals surface area contributed by atoms with Gasteiger partial charge in [-0.05, 0) is 79.9 Å². The molecular formula is C35H36FN3O6S2. The molecule has 47 heavy (non-hydrogen) atoms. The van der Waals surface area contributed by atoms with Crippen LogP contribution in [0.1, 0.15) is 62.8 Å². The molecule has 3 aromatic carbocycles. The van der Waals surface area contributed by atoms with Gasteiger partial charge >= 0.3 is 5.91 Å². The number of ether oxygens (including phenoxy) is 3. The van der Waals surface area contributed by atoms with Gasteiger partial charge in [-0.15, -0.1) is 10.2 Å². The van der Waals surface area contributed by atoms with Gasteiger partial charge in [0.05, 0.1) is 31.4 Å². The van der Waals surface area contributed by atoms with Crippen LogP contribution in [-0.4, -0.2) is 46.8 Å². The number of ketones is 1. The normalized spacial score (nSPS) is 15.7. The third-order valence-corrected chi connectivity index (χ3v) is 9.48. The summed E-state index contributed by atoms with van der Waals surface area (Å²) in [5.41, 5.74) is 1.68. The maximum absolute atomic E-state index is 13.7. The van der Waals surface area contributed by atoms with E-state index in [9.17, 15) is 19.1 Å². The maximum atomic E-state index is 13.7. The van der Waals surface area contributed by atoms with Crippen molar-refractivity contribution in [3.05, 3.63) is 94.8 Å². The lowest BCUT2D eigenvalue weighted by molar-refractivity contribution is -0.132. The van der Waals surface area contributed by atoms with Crippen LogP contribution in [-0.2, 0) is 15.3 Å². The number of rotatable bonds is 15. The Balaban J connectivity index is 1.54. The zero-order chi connectivity index (χ0) is 33.3. The highest BCUT2D eigenvalue weighted by atomic mass is 32.2. The van der Waals surface area contributed by atoms with Crippen LogP contribution in [0.25, 0.3) is 5.76 Å². The number of nitrogens with zero attached hydrogens (tertiary/aromatic N) is 3. The van der Waals surface area contributed by atoms with E-state index in [1.54, 1.807) is 54.6 Å². The number of hydrogen-bond acceptors (Lipinski definition) is 10. The van der Waals surface area contributed by atoms with Gasteiger partial charge in [-0.3, -0.25) is 14.5 Å². The standard InChI is InChI=1S/C35H36FN3O6S2/c1-4-7-8-19-45-27-18-13-24(20-28(27)44-6-3)30-29(31(40)23-11-16-26(17-12-23)43-5-2)32(41)33(42)39(30)34-37-38-35(47-34)46-21-22-9-14-25(36)15-10-22/h9-18,20,30,40H,4-8,19,21H2,1-3H3/b31-29+. The monoisotopic (exact) mass is 677 g/mol. The lowest BCUT2D eigenvalue weighted by Gasteiger charge is -2.23. The lowest BCUT2D eigenvalue weighted by atomic mass is 9.95. The molecule has 0 radical (unpaired) electrons. The molecule has 4 aromatic rings. The van der Waals surface area contributed by atoms with Crippen LogP contribution in [0.3, 0.4) is 0 Å². The second-order valence-corrected chi connectivity index (χ2v) is 12.8. The van der Waals surface area contributed by atoms with Crippen LogP contribution in [0.15, 0.2) is 76.6 Å². The van der Waals surface area contributed by atoms with Crippen molar-refractivity contribution in [3.63, 3.8) is 0 Å². The minimum atomic E-state index is -1.03. The quantitative estimate of drug-likeness (QED) is 0.0335. The van der Waals surface area contributed by atoms with E-state index >= 15 is 0 Å². The van der Waals surface area contributed by atoms with Gasteiger partial charge in [0.2, 0.25) is 5.13 Å². The summed E-state index contributed by atoms with van der Waals surface area (Å²) < 4.78 is 31.4. The molecule has 1 aliphatic rings. The molecular weight excluding hydrogens is 642 g/mol. The second kappa shape index (κ2) is 15.9. The number of aromatic nitrogens is 2. The predicted molar refractivity (Wildman–Crippen MR) is 181 cm³/mol. The van der Waals surface area contributed by atoms with E-state index in [0.29, 0.717) is 58.3 Å². The van der Waals surface area contributed by atoms with E-state index in [2.05, 4.69) is 17.1 Å². The predicted octanol–water partition coefficient (Wildman–Crippen LogP) is 7.96. The zero-order valence-corrected chi connectivity index (χ0v) is 28.0. The van der Waals surface area contributed by atoms with E-state index in [1.165, 1.54) is 28.8 Å². The van der Waals surface area contributed by atoms with E-state index in [-0.39, 0.29) is 22.3 Å². The van der Waals surface area contributed by atoms with Crippen molar-refractivity contribution in [2.45, 2.75) is 56.2 Å². The first kappa shape index (κ1) is 33.9. The Morgan fingerprint density at radius 3 is 2.36 bits per heavy atom. The molecule has 1 aromatic heterocycles. The summed E-state index contributed by atoms with van der Waals surface area (Å²) in [4.78, 5) is 28.7. The zero-order valence-electron chi connectivity index (χ0n) is 26.4. The lowest BCUT2D eigenvalue weighted by Crippen LogP contribution is -2.29. The third kappa shape index (κ3) is 7.94. The Hall–Kier alpha value is -4.42. The topological polar surface area (TPSA) is 111 Å². The van der Waals surface area contributed by atoms with Gasteiger partial charge < -0.3 is 19.3 Å². The minimum absolute atomic E-state index is 0.0889. The molecule has 1 atom stereocenters. The summed E-state index contributed by atoms with van der Waals surface area (Å²) in [5.74, 6) is -0.218. The molecule has 1 saturated heterocycles. The van der Waals surface area contributed by atoms with Crippen molar-refractivity contribution < 1.29 is 33.3 Å². The summed E-state index contributed by atoms with van der Waals surface area (Å²) in [6.07, 6.45) is 2.99. The van der Waals surface area contributed by atoms with Crippen molar-refractivity contribution in [2.24, 2.45) is 0 Å². The van der Waals surface area contributed by atoms with Crippen molar-refractivity contribution >= 4 is 45.7 Å². The molecule has 0 bridgehead atoms. The number of amides is 1. The van der Waals surface area contributed by atoms with Crippen molar-refractivity contribution in [1.29, 1.82) is 0 Å². The number of aliphatic hydroxyl groups excluding tert-OH is 1. The number of unbranched alkanes of at least 4 members (excludes halogenated alkanes) is 2. The van der Waals surface area contributed by atoms with Crippen LogP contribution in [0.2, 0.25) is 0 Å². The first-order valence-corrected chi connectivity index (χ1v) is 17.3. The van der Waals surface area contributed by atoms with Crippen molar-refractivity contribution in [3.8, 4) is 17.2 Å². The summed E-state index contributed by atoms with van der Waals surface area (Å²) in [6.45, 7) is 7.21. The number of anilines is 1. The van der Waals surface area contributed by atoms with Crippen molar-refractivity contribution in [2.75, 3.05) is 24.7 Å². The molecule has 5 rings (SSSR count). The number of aliphatic hydroxyl groups is 1. The maximum Gasteiger partial charge on any atom is 0.301 e. The number of hydrogen-bond donors (Lipinski definition) is 1. The average molecular weight is 678 g/mol. The molecule has 1 amide bonds. The first-order valence-electron chi connectivity index (χ1n) is 15.5. The summed E-state index contributed by atoms with van der Waals surface area (Å²) in [7, 11) is 0. The van der Waals surface area contributed by atoms with Gasteiger partial charge in [0.1, 0.15) is 17.3 Å². The van der Waals surface area contributed by atoms with Crippen LogP contribution in [0.4, 0.5) is 9.52 Å². The molecule has 1 N–H and O–H groups in total. The van der Waals surface area contributed by atoms with E-state index < -0.39 is 17.7 Å². The van der Waals surface area contributed by atoms with Gasteiger partial charge in [0, 0.05) is 11.3 Å². The molecule has 0 aliphatic carbocycles. The number of halogens is 1. The highest BCUT2D eigenvalue weighted by Gasteiger charge is 2.48. The van der Waals surface area contributed by atoms with Gasteiger partial charge in [0.15, 0.2) is 15.8 Å². The van der Waals surface area contributed by atoms with Gasteiger partial charge in [-0.25, -0.2) is 4.39 Å². The Bertz CT molecular complexity index is 1730. The number of Topliss-reactive ketones (excluding diaryl/α,β-unsaturated/α-hetero) is 1. The third-order valence-electron chi connectivity index (χ3n) is 7.35. The van der Waals surface area contributed by atoms with E-state index in [1.807, 2.05) is 13.8 Å². The Labute approximate surface area is 281 Å². The summed E-state index contributed by atoms with van der Waals surface area (Å²) in [5, 5.41) is 20.3. The van der Waals surface area contributed by atoms with Gasteiger partial charge in [0.25, 0.3) is 5.78 Å². The fraction of sp³-hybridized carbons (Fsp3) is 0.314. The fourth-order valence-electron chi connectivity index (χ4n) is 5.08. The molecule has 0 saturated carbocycles. The van der Waals surface area contributed by atoms with Crippen LogP contribution < -0.4 is 19.1 Å². The first-order chi connectivity index (χ1) is 22.8. The molecule has 1 aliphatic heterocycles. The molecule has 0 spiro atoms. The van der Waals surface area contributed by atoms with E-state index in [4.69, 9.17) is 14.2 Å². The number of thioether (sulfide) groups is 1. The number of carbonyl (C=O) groups excluding carboxylic acids is 2. The molecule has 9 nitrogen and oxygen atoms in total. The highest BCUT2D eigenvalue weighted by Crippen LogP contribution is 2.45. The van der Waals surface area contributed by atoms with Gasteiger partial charge in [-0.2, -0.15) is 0 Å². The van der Waals surface area contributed by atoms with Crippen LogP contribution in [0, 0.1) is 5.82 Å². The highest BCUT2D eigenvalue weighted by molar-refractivity contribution is 8.00. The Morgan fingerprint density at radius 1 is 0.915 bits per heavy atom. The summed E-state index contributed by atoms with van der Waals surface area (Å²) >= 11 is 2.53. The average Bonchev–Trinajstić information content (AvgIpc) is 3.65. The number of carbonyl (C=O) groups is 2.